The van der Waals surface area contributed by atoms with E-state index >= 15 is 0 Å². The summed E-state index contributed by atoms with van der Waals surface area (Å²) in [6, 6.07) is 4.30. The van der Waals surface area contributed by atoms with Crippen molar-refractivity contribution in [2.24, 2.45) is 0 Å². The Balaban J connectivity index is 2.90. The highest BCUT2D eigenvalue weighted by Crippen LogP contribution is 2.27. The fourth-order valence-electron chi connectivity index (χ4n) is 1.13. The molecule has 0 aliphatic heterocycles. The highest BCUT2D eigenvalue weighted by molar-refractivity contribution is 7.99. The average Bonchev–Trinajstić information content (AvgIpc) is 2.15. The van der Waals surface area contributed by atoms with E-state index in [1.807, 2.05) is 0 Å². The van der Waals surface area contributed by atoms with Crippen molar-refractivity contribution in [3.63, 3.8) is 0 Å². The van der Waals surface area contributed by atoms with Crippen LogP contribution in [0.25, 0.3) is 0 Å². The maximum atomic E-state index is 12.9. The van der Waals surface area contributed by atoms with Crippen LogP contribution in [0.2, 0.25) is 0 Å². The zero-order valence-corrected chi connectivity index (χ0v) is 8.72. The van der Waals surface area contributed by atoms with E-state index in [1.54, 1.807) is 13.0 Å². The Morgan fingerprint density at radius 1 is 1.50 bits per heavy atom. The molecular weight excluding hydrogens is 203 g/mol. The summed E-state index contributed by atoms with van der Waals surface area (Å²) in [4.78, 5) is 0.815. The van der Waals surface area contributed by atoms with Gasteiger partial charge in [-0.15, -0.1) is 11.8 Å². The Morgan fingerprint density at radius 2 is 2.21 bits per heavy atom. The van der Waals surface area contributed by atoms with Gasteiger partial charge in [0.1, 0.15) is 5.82 Å². The van der Waals surface area contributed by atoms with Crippen molar-refractivity contribution >= 4 is 11.8 Å². The van der Waals surface area contributed by atoms with Crippen LogP contribution in [0.5, 0.6) is 0 Å². The number of hydrogen-bond donors (Lipinski definition) is 2. The van der Waals surface area contributed by atoms with E-state index in [0.29, 0.717) is 11.3 Å². The monoisotopic (exact) mass is 216 g/mol. The van der Waals surface area contributed by atoms with Gasteiger partial charge in [0.05, 0.1) is 12.7 Å². The Hall–Kier alpha value is -0.580. The summed E-state index contributed by atoms with van der Waals surface area (Å²) >= 11 is 1.41. The van der Waals surface area contributed by atoms with Crippen LogP contribution >= 0.6 is 11.8 Å². The molecule has 4 heteroatoms. The molecular formula is C10H13FO2S. The molecule has 0 aromatic heterocycles. The van der Waals surface area contributed by atoms with Crippen molar-refractivity contribution in [3.8, 4) is 0 Å². The summed E-state index contributed by atoms with van der Waals surface area (Å²) in [6.45, 7) is 1.67. The van der Waals surface area contributed by atoms with Crippen molar-refractivity contribution in [1.82, 2.24) is 0 Å². The van der Waals surface area contributed by atoms with Crippen LogP contribution in [-0.2, 0) is 0 Å². The number of halogens is 1. The molecule has 0 saturated carbocycles. The molecule has 2 N–H and O–H groups in total. The minimum Gasteiger partial charge on any atom is -0.396 e. The first kappa shape index (κ1) is 11.5. The van der Waals surface area contributed by atoms with Gasteiger partial charge >= 0.3 is 0 Å². The van der Waals surface area contributed by atoms with Gasteiger partial charge in [0, 0.05) is 10.6 Å². The normalized spacial score (nSPS) is 12.9. The van der Waals surface area contributed by atoms with E-state index in [9.17, 15) is 9.50 Å². The molecule has 0 spiro atoms. The molecule has 0 aliphatic rings. The van der Waals surface area contributed by atoms with Gasteiger partial charge in [-0.3, -0.25) is 0 Å². The molecule has 0 unspecified atom stereocenters. The van der Waals surface area contributed by atoms with Gasteiger partial charge in [-0.2, -0.15) is 0 Å². The lowest BCUT2D eigenvalue weighted by molar-refractivity contribution is 0.196. The van der Waals surface area contributed by atoms with Gasteiger partial charge in [0.2, 0.25) is 0 Å². The second-order valence-electron chi connectivity index (χ2n) is 2.93. The minimum atomic E-state index is -0.688. The van der Waals surface area contributed by atoms with Crippen molar-refractivity contribution in [1.29, 1.82) is 0 Å². The minimum absolute atomic E-state index is 0.0707. The van der Waals surface area contributed by atoms with Crippen molar-refractivity contribution in [2.75, 3.05) is 12.4 Å². The first-order chi connectivity index (χ1) is 6.65. The smallest absolute Gasteiger partial charge is 0.123 e. The van der Waals surface area contributed by atoms with E-state index in [2.05, 4.69) is 0 Å². The molecule has 1 aromatic carbocycles. The second-order valence-corrected chi connectivity index (χ2v) is 4.07. The van der Waals surface area contributed by atoms with Crippen molar-refractivity contribution in [2.45, 2.75) is 17.9 Å². The van der Waals surface area contributed by atoms with Gasteiger partial charge in [0.25, 0.3) is 0 Å². The van der Waals surface area contributed by atoms with Gasteiger partial charge in [0.15, 0.2) is 0 Å². The zero-order valence-electron chi connectivity index (χ0n) is 7.90. The zero-order chi connectivity index (χ0) is 10.6. The first-order valence-electron chi connectivity index (χ1n) is 4.36. The third-order valence-corrected chi connectivity index (χ3v) is 2.84. The maximum absolute atomic E-state index is 12.9. The van der Waals surface area contributed by atoms with E-state index < -0.39 is 6.10 Å². The Bertz CT molecular complexity index is 302. The molecule has 0 fully saturated rings. The number of aliphatic hydroxyl groups is 2. The number of rotatable bonds is 4. The van der Waals surface area contributed by atoms with Crippen LogP contribution in [0.3, 0.4) is 0 Å². The van der Waals surface area contributed by atoms with E-state index in [0.717, 1.165) is 4.90 Å². The van der Waals surface area contributed by atoms with Gasteiger partial charge in [-0.05, 0) is 30.7 Å². The van der Waals surface area contributed by atoms with E-state index in [4.69, 9.17) is 5.11 Å². The predicted molar refractivity (Wildman–Crippen MR) is 54.8 cm³/mol. The highest BCUT2D eigenvalue weighted by Gasteiger charge is 2.09. The van der Waals surface area contributed by atoms with Crippen molar-refractivity contribution in [3.05, 3.63) is 29.6 Å². The average molecular weight is 216 g/mol. The first-order valence-corrected chi connectivity index (χ1v) is 5.35. The quantitative estimate of drug-likeness (QED) is 0.756. The third kappa shape index (κ3) is 2.97. The second kappa shape index (κ2) is 5.34. The number of benzene rings is 1. The molecule has 0 radical (unpaired) electrons. The Labute approximate surface area is 86.8 Å². The number of hydrogen-bond acceptors (Lipinski definition) is 3. The number of aliphatic hydroxyl groups excluding tert-OH is 2. The topological polar surface area (TPSA) is 40.5 Å². The Morgan fingerprint density at radius 3 is 2.79 bits per heavy atom. The molecule has 0 amide bonds. The fourth-order valence-corrected chi connectivity index (χ4v) is 2.00. The number of thioether (sulfide) groups is 1. The highest BCUT2D eigenvalue weighted by atomic mass is 32.2. The van der Waals surface area contributed by atoms with Crippen molar-refractivity contribution < 1.29 is 14.6 Å². The van der Waals surface area contributed by atoms with Gasteiger partial charge in [-0.1, -0.05) is 0 Å². The lowest BCUT2D eigenvalue weighted by Gasteiger charge is -2.10. The van der Waals surface area contributed by atoms with Gasteiger partial charge < -0.3 is 10.2 Å². The third-order valence-electron chi connectivity index (χ3n) is 1.77. The van der Waals surface area contributed by atoms with Crippen LogP contribution in [-0.4, -0.2) is 22.6 Å². The molecule has 0 heterocycles. The van der Waals surface area contributed by atoms with E-state index in [1.165, 1.54) is 23.9 Å². The summed E-state index contributed by atoms with van der Waals surface area (Å²) in [5, 5.41) is 18.0. The molecule has 78 valence electrons. The SMILES string of the molecule is C[C@H](O)c1cc(F)ccc1SCCO. The molecule has 0 saturated heterocycles. The molecule has 0 bridgehead atoms. The molecule has 1 aromatic rings. The maximum Gasteiger partial charge on any atom is 0.123 e. The summed E-state index contributed by atoms with van der Waals surface area (Å²) in [5.74, 6) is 0.194. The summed E-state index contributed by atoms with van der Waals surface area (Å²) in [6.07, 6.45) is -0.688. The lowest BCUT2D eigenvalue weighted by Crippen LogP contribution is -1.96. The van der Waals surface area contributed by atoms with Crippen LogP contribution in [0.4, 0.5) is 4.39 Å². The predicted octanol–water partition coefficient (Wildman–Crippen LogP) is 1.96. The van der Waals surface area contributed by atoms with E-state index in [-0.39, 0.29) is 12.4 Å². The van der Waals surface area contributed by atoms with Crippen LogP contribution in [0.15, 0.2) is 23.1 Å². The summed E-state index contributed by atoms with van der Waals surface area (Å²) in [7, 11) is 0. The van der Waals surface area contributed by atoms with Crippen LogP contribution in [0, 0.1) is 5.82 Å². The molecule has 2 nitrogen and oxygen atoms in total. The lowest BCUT2D eigenvalue weighted by atomic mass is 10.1. The van der Waals surface area contributed by atoms with Crippen LogP contribution in [0.1, 0.15) is 18.6 Å². The Kier molecular flexibility index (Phi) is 4.38. The molecule has 14 heavy (non-hydrogen) atoms. The molecule has 1 rings (SSSR count). The molecule has 0 aliphatic carbocycles. The summed E-state index contributed by atoms with van der Waals surface area (Å²) in [5.41, 5.74) is 0.573. The molecule has 1 atom stereocenters. The summed E-state index contributed by atoms with van der Waals surface area (Å²) < 4.78 is 12.9. The fraction of sp³-hybridized carbons (Fsp3) is 0.400. The van der Waals surface area contributed by atoms with Crippen LogP contribution < -0.4 is 0 Å². The van der Waals surface area contributed by atoms with Gasteiger partial charge in [-0.25, -0.2) is 4.39 Å². The largest absolute Gasteiger partial charge is 0.396 e. The standard InChI is InChI=1S/C10H13FO2S/c1-7(13)9-6-8(11)2-3-10(9)14-5-4-12/h2-3,6-7,12-13H,4-5H2,1H3/t7-/m0/s1.